The van der Waals surface area contributed by atoms with E-state index >= 15 is 0 Å². The zero-order valence-electron chi connectivity index (χ0n) is 18.5. The molecule has 0 radical (unpaired) electrons. The van der Waals surface area contributed by atoms with E-state index in [2.05, 4.69) is 34.6 Å². The van der Waals surface area contributed by atoms with Crippen LogP contribution in [0.4, 0.5) is 0 Å². The van der Waals surface area contributed by atoms with E-state index in [1.54, 1.807) is 0 Å². The molecule has 0 saturated carbocycles. The molecule has 0 aromatic heterocycles. The summed E-state index contributed by atoms with van der Waals surface area (Å²) in [5.74, 6) is 0.939. The van der Waals surface area contributed by atoms with Crippen LogP contribution >= 0.6 is 0 Å². The fourth-order valence-electron chi connectivity index (χ4n) is 3.30. The molecule has 0 aromatic carbocycles. The van der Waals surface area contributed by atoms with Gasteiger partial charge in [-0.2, -0.15) is 0 Å². The highest BCUT2D eigenvalue weighted by Crippen LogP contribution is 2.20. The second-order valence-electron chi connectivity index (χ2n) is 9.47. The van der Waals surface area contributed by atoms with Crippen molar-refractivity contribution < 1.29 is 4.74 Å². The zero-order chi connectivity index (χ0) is 18.8. The van der Waals surface area contributed by atoms with Gasteiger partial charge in [0.05, 0.1) is 0 Å². The zero-order valence-corrected chi connectivity index (χ0v) is 18.5. The summed E-state index contributed by atoms with van der Waals surface area (Å²) in [5, 5.41) is 0. The van der Waals surface area contributed by atoms with Crippen molar-refractivity contribution >= 4 is 0 Å². The van der Waals surface area contributed by atoms with E-state index in [4.69, 9.17) is 4.74 Å². The largest absolute Gasteiger partial charge is 0.381 e. The summed E-state index contributed by atoms with van der Waals surface area (Å²) in [6.07, 6.45) is 20.9. The van der Waals surface area contributed by atoms with Crippen LogP contribution in [0.2, 0.25) is 0 Å². The smallest absolute Gasteiger partial charge is 0.0466 e. The Hall–Kier alpha value is -0.0400. The summed E-state index contributed by atoms with van der Waals surface area (Å²) < 4.78 is 5.74. The summed E-state index contributed by atoms with van der Waals surface area (Å²) in [5.41, 5.74) is 0.455. The highest BCUT2D eigenvalue weighted by Gasteiger charge is 2.08. The normalized spacial score (nSPS) is 13.3. The van der Waals surface area contributed by atoms with E-state index < -0.39 is 0 Å². The maximum Gasteiger partial charge on any atom is 0.0466 e. The van der Waals surface area contributed by atoms with Crippen molar-refractivity contribution in [1.29, 1.82) is 0 Å². The van der Waals surface area contributed by atoms with Crippen molar-refractivity contribution in [3.63, 3.8) is 0 Å². The molecule has 0 N–H and O–H groups in total. The highest BCUT2D eigenvalue weighted by molar-refractivity contribution is 4.60. The quantitative estimate of drug-likeness (QED) is 0.224. The Labute approximate surface area is 160 Å². The van der Waals surface area contributed by atoms with Crippen molar-refractivity contribution in [2.75, 3.05) is 13.2 Å². The Morgan fingerprint density at radius 1 is 0.640 bits per heavy atom. The van der Waals surface area contributed by atoms with E-state index in [0.29, 0.717) is 5.41 Å². The average Bonchev–Trinajstić information content (AvgIpc) is 2.56. The monoisotopic (exact) mass is 354 g/mol. The van der Waals surface area contributed by atoms with E-state index in [9.17, 15) is 0 Å². The predicted molar refractivity (Wildman–Crippen MR) is 114 cm³/mol. The van der Waals surface area contributed by atoms with Crippen LogP contribution in [-0.2, 0) is 4.74 Å². The van der Waals surface area contributed by atoms with Crippen LogP contribution < -0.4 is 0 Å². The van der Waals surface area contributed by atoms with Crippen LogP contribution in [0, 0.1) is 11.3 Å². The molecule has 0 saturated heterocycles. The third-order valence-corrected chi connectivity index (χ3v) is 5.40. The average molecular weight is 355 g/mol. The SMILES string of the molecule is CCC(C)CCCCCCCCCCCCCOCCCC(C)(C)C. The first-order chi connectivity index (χ1) is 12.0. The van der Waals surface area contributed by atoms with Gasteiger partial charge in [0.2, 0.25) is 0 Å². The van der Waals surface area contributed by atoms with E-state index in [1.807, 2.05) is 0 Å². The van der Waals surface area contributed by atoms with Crippen molar-refractivity contribution in [3.8, 4) is 0 Å². The molecule has 0 bridgehead atoms. The minimum Gasteiger partial charge on any atom is -0.381 e. The van der Waals surface area contributed by atoms with Gasteiger partial charge >= 0.3 is 0 Å². The van der Waals surface area contributed by atoms with Gasteiger partial charge in [0, 0.05) is 13.2 Å². The summed E-state index contributed by atoms with van der Waals surface area (Å²) in [4.78, 5) is 0. The van der Waals surface area contributed by atoms with Crippen LogP contribution in [-0.4, -0.2) is 13.2 Å². The Bertz CT molecular complexity index is 253. The molecule has 152 valence electrons. The van der Waals surface area contributed by atoms with Crippen molar-refractivity contribution in [2.45, 2.75) is 131 Å². The van der Waals surface area contributed by atoms with E-state index in [-0.39, 0.29) is 0 Å². The fourth-order valence-corrected chi connectivity index (χ4v) is 3.30. The van der Waals surface area contributed by atoms with Gasteiger partial charge in [-0.25, -0.2) is 0 Å². The molecule has 0 spiro atoms. The Morgan fingerprint density at radius 2 is 1.08 bits per heavy atom. The van der Waals surface area contributed by atoms with Crippen LogP contribution in [0.15, 0.2) is 0 Å². The first kappa shape index (κ1) is 25.0. The number of ether oxygens (including phenoxy) is 1. The molecule has 1 unspecified atom stereocenters. The van der Waals surface area contributed by atoms with Crippen LogP contribution in [0.5, 0.6) is 0 Å². The number of hydrogen-bond donors (Lipinski definition) is 0. The molecular formula is C24H50O. The molecule has 1 atom stereocenters. The molecular weight excluding hydrogens is 304 g/mol. The molecule has 25 heavy (non-hydrogen) atoms. The number of hydrogen-bond acceptors (Lipinski definition) is 1. The lowest BCUT2D eigenvalue weighted by Crippen LogP contribution is -2.07. The summed E-state index contributed by atoms with van der Waals surface area (Å²) in [6.45, 7) is 13.5. The molecule has 0 amide bonds. The minimum absolute atomic E-state index is 0.455. The maximum atomic E-state index is 5.74. The summed E-state index contributed by atoms with van der Waals surface area (Å²) >= 11 is 0. The van der Waals surface area contributed by atoms with Gasteiger partial charge in [-0.1, -0.05) is 112 Å². The lowest BCUT2D eigenvalue weighted by atomic mass is 9.91. The number of rotatable bonds is 18. The second-order valence-corrected chi connectivity index (χ2v) is 9.47. The highest BCUT2D eigenvalue weighted by atomic mass is 16.5. The fraction of sp³-hybridized carbons (Fsp3) is 1.00. The molecule has 0 heterocycles. The Balaban J connectivity index is 3.05. The lowest BCUT2D eigenvalue weighted by molar-refractivity contribution is 0.118. The van der Waals surface area contributed by atoms with Crippen molar-refractivity contribution in [2.24, 2.45) is 11.3 Å². The van der Waals surface area contributed by atoms with Gasteiger partial charge in [-0.15, -0.1) is 0 Å². The van der Waals surface area contributed by atoms with Gasteiger partial charge < -0.3 is 4.74 Å². The number of unbranched alkanes of at least 4 members (excludes halogenated alkanes) is 10. The second kappa shape index (κ2) is 17.4. The van der Waals surface area contributed by atoms with Crippen LogP contribution in [0.25, 0.3) is 0 Å². The maximum absolute atomic E-state index is 5.74. The Morgan fingerprint density at radius 3 is 1.56 bits per heavy atom. The lowest BCUT2D eigenvalue weighted by Gasteiger charge is -2.17. The van der Waals surface area contributed by atoms with Gasteiger partial charge in [0.25, 0.3) is 0 Å². The molecule has 0 aliphatic heterocycles. The molecule has 0 aliphatic carbocycles. The van der Waals surface area contributed by atoms with Crippen LogP contribution in [0.1, 0.15) is 131 Å². The van der Waals surface area contributed by atoms with Crippen LogP contribution in [0.3, 0.4) is 0 Å². The third-order valence-electron chi connectivity index (χ3n) is 5.40. The molecule has 0 rings (SSSR count). The van der Waals surface area contributed by atoms with Gasteiger partial charge in [0.1, 0.15) is 0 Å². The summed E-state index contributed by atoms with van der Waals surface area (Å²) in [6, 6.07) is 0. The standard InChI is InChI=1S/C24H50O/c1-6-23(2)19-16-14-12-10-8-7-9-11-13-15-17-21-25-22-18-20-24(3,4)5/h23H,6-22H2,1-5H3. The van der Waals surface area contributed by atoms with Gasteiger partial charge in [-0.3, -0.25) is 0 Å². The minimum atomic E-state index is 0.455. The molecule has 0 aliphatic rings. The Kier molecular flexibility index (Phi) is 17.3. The topological polar surface area (TPSA) is 9.23 Å². The predicted octanol–water partition coefficient (Wildman–Crippen LogP) is 8.56. The van der Waals surface area contributed by atoms with Crippen molar-refractivity contribution in [3.05, 3.63) is 0 Å². The summed E-state index contributed by atoms with van der Waals surface area (Å²) in [7, 11) is 0. The van der Waals surface area contributed by atoms with Crippen molar-refractivity contribution in [1.82, 2.24) is 0 Å². The molecule has 1 heteroatoms. The third kappa shape index (κ3) is 21.9. The molecule has 0 aromatic rings. The van der Waals surface area contributed by atoms with E-state index in [0.717, 1.165) is 19.1 Å². The first-order valence-electron chi connectivity index (χ1n) is 11.5. The van der Waals surface area contributed by atoms with Gasteiger partial charge in [-0.05, 0) is 30.6 Å². The molecule has 1 nitrogen and oxygen atoms in total. The van der Waals surface area contributed by atoms with E-state index in [1.165, 1.54) is 96.3 Å². The van der Waals surface area contributed by atoms with Gasteiger partial charge in [0.15, 0.2) is 0 Å². The first-order valence-corrected chi connectivity index (χ1v) is 11.5. The molecule has 0 fully saturated rings.